The predicted molar refractivity (Wildman–Crippen MR) is 86.8 cm³/mol. The first-order chi connectivity index (χ1) is 11.2. The number of amides is 1. The standard InChI is InChI=1S/C18H19NO4/c1-22-16-6-4-3-5-15(16)17(20)19-12-11-13-7-9-14(10-8-13)18(21)23-2/h3-10H,11-12H2,1-2H3,(H,19,20). The second kappa shape index (κ2) is 7.98. The molecule has 0 heterocycles. The summed E-state index contributed by atoms with van der Waals surface area (Å²) in [5.74, 6) is 0.0158. The molecule has 120 valence electrons. The molecular weight excluding hydrogens is 294 g/mol. The fourth-order valence-electron chi connectivity index (χ4n) is 2.17. The minimum absolute atomic E-state index is 0.173. The normalized spacial score (nSPS) is 10.0. The SMILES string of the molecule is COC(=O)c1ccc(CCNC(=O)c2ccccc2OC)cc1. The van der Waals surface area contributed by atoms with E-state index in [1.807, 2.05) is 18.2 Å². The topological polar surface area (TPSA) is 64.6 Å². The second-order valence-corrected chi connectivity index (χ2v) is 4.89. The summed E-state index contributed by atoms with van der Waals surface area (Å²) in [6.45, 7) is 0.494. The molecule has 0 aromatic heterocycles. The molecule has 0 aliphatic carbocycles. The van der Waals surface area contributed by atoms with Gasteiger partial charge in [0.1, 0.15) is 5.75 Å². The van der Waals surface area contributed by atoms with Gasteiger partial charge < -0.3 is 14.8 Å². The molecule has 1 amide bonds. The fraction of sp³-hybridized carbons (Fsp3) is 0.222. The van der Waals surface area contributed by atoms with Crippen molar-refractivity contribution in [3.05, 3.63) is 65.2 Å². The van der Waals surface area contributed by atoms with Crippen LogP contribution in [0.1, 0.15) is 26.3 Å². The average molecular weight is 313 g/mol. The van der Waals surface area contributed by atoms with Crippen molar-refractivity contribution in [2.24, 2.45) is 0 Å². The molecule has 0 saturated heterocycles. The van der Waals surface area contributed by atoms with Crippen LogP contribution in [0, 0.1) is 0 Å². The number of benzene rings is 2. The molecule has 0 radical (unpaired) electrons. The van der Waals surface area contributed by atoms with E-state index in [1.165, 1.54) is 14.2 Å². The largest absolute Gasteiger partial charge is 0.496 e. The van der Waals surface area contributed by atoms with E-state index in [0.29, 0.717) is 29.8 Å². The van der Waals surface area contributed by atoms with Gasteiger partial charge in [0, 0.05) is 6.54 Å². The molecule has 0 aliphatic heterocycles. The molecule has 0 fully saturated rings. The summed E-state index contributed by atoms with van der Waals surface area (Å²) < 4.78 is 9.82. The van der Waals surface area contributed by atoms with Crippen LogP contribution in [0.4, 0.5) is 0 Å². The summed E-state index contributed by atoms with van der Waals surface area (Å²) in [4.78, 5) is 23.5. The van der Waals surface area contributed by atoms with Crippen molar-refractivity contribution in [3.8, 4) is 5.75 Å². The minimum atomic E-state index is -0.360. The van der Waals surface area contributed by atoms with E-state index in [9.17, 15) is 9.59 Å². The summed E-state index contributed by atoms with van der Waals surface area (Å²) in [7, 11) is 2.89. The number of esters is 1. The number of nitrogens with one attached hydrogen (secondary N) is 1. The van der Waals surface area contributed by atoms with Gasteiger partial charge in [-0.15, -0.1) is 0 Å². The number of ether oxygens (including phenoxy) is 2. The summed E-state index contributed by atoms with van der Waals surface area (Å²) >= 11 is 0. The van der Waals surface area contributed by atoms with E-state index in [1.54, 1.807) is 30.3 Å². The van der Waals surface area contributed by atoms with Crippen LogP contribution < -0.4 is 10.1 Å². The van der Waals surface area contributed by atoms with Crippen molar-refractivity contribution >= 4 is 11.9 Å². The Balaban J connectivity index is 1.89. The monoisotopic (exact) mass is 313 g/mol. The Morgan fingerprint density at radius 3 is 2.35 bits per heavy atom. The van der Waals surface area contributed by atoms with Gasteiger partial charge in [-0.25, -0.2) is 4.79 Å². The Labute approximate surface area is 135 Å². The molecule has 2 aromatic carbocycles. The Morgan fingerprint density at radius 2 is 1.70 bits per heavy atom. The number of carbonyl (C=O) groups is 2. The highest BCUT2D eigenvalue weighted by Crippen LogP contribution is 2.16. The minimum Gasteiger partial charge on any atom is -0.496 e. The van der Waals surface area contributed by atoms with Crippen LogP contribution >= 0.6 is 0 Å². The van der Waals surface area contributed by atoms with Crippen LogP contribution in [0.25, 0.3) is 0 Å². The molecule has 0 aliphatic rings. The zero-order chi connectivity index (χ0) is 16.7. The summed E-state index contributed by atoms with van der Waals surface area (Å²) in [6, 6.07) is 14.2. The first-order valence-corrected chi connectivity index (χ1v) is 7.24. The quantitative estimate of drug-likeness (QED) is 0.832. The second-order valence-electron chi connectivity index (χ2n) is 4.89. The summed E-state index contributed by atoms with van der Waals surface area (Å²) in [5.41, 5.74) is 2.04. The van der Waals surface area contributed by atoms with Crippen LogP contribution in [0.15, 0.2) is 48.5 Å². The Morgan fingerprint density at radius 1 is 1.00 bits per heavy atom. The Kier molecular flexibility index (Phi) is 5.74. The molecular formula is C18H19NO4. The van der Waals surface area contributed by atoms with Gasteiger partial charge in [0.2, 0.25) is 0 Å². The number of hydrogen-bond donors (Lipinski definition) is 1. The van der Waals surface area contributed by atoms with Gasteiger partial charge in [-0.2, -0.15) is 0 Å². The number of carbonyl (C=O) groups excluding carboxylic acids is 2. The van der Waals surface area contributed by atoms with Gasteiger partial charge in [-0.1, -0.05) is 24.3 Å². The van der Waals surface area contributed by atoms with Gasteiger partial charge in [0.15, 0.2) is 0 Å². The smallest absolute Gasteiger partial charge is 0.337 e. The summed E-state index contributed by atoms with van der Waals surface area (Å²) in [5, 5.41) is 2.86. The lowest BCUT2D eigenvalue weighted by Gasteiger charge is -2.09. The van der Waals surface area contributed by atoms with E-state index in [-0.39, 0.29) is 11.9 Å². The number of methoxy groups -OCH3 is 2. The lowest BCUT2D eigenvalue weighted by Crippen LogP contribution is -2.26. The molecule has 2 aromatic rings. The molecule has 5 heteroatoms. The highest BCUT2D eigenvalue weighted by molar-refractivity contribution is 5.96. The maximum absolute atomic E-state index is 12.1. The van der Waals surface area contributed by atoms with Crippen molar-refractivity contribution in [1.82, 2.24) is 5.32 Å². The van der Waals surface area contributed by atoms with Gasteiger partial charge >= 0.3 is 5.97 Å². The number of rotatable bonds is 6. The number of para-hydroxylation sites is 1. The third kappa shape index (κ3) is 4.32. The first-order valence-electron chi connectivity index (χ1n) is 7.24. The lowest BCUT2D eigenvalue weighted by atomic mass is 10.1. The third-order valence-electron chi connectivity index (χ3n) is 3.43. The van der Waals surface area contributed by atoms with Crippen molar-refractivity contribution in [2.45, 2.75) is 6.42 Å². The third-order valence-corrected chi connectivity index (χ3v) is 3.43. The van der Waals surface area contributed by atoms with Crippen molar-refractivity contribution < 1.29 is 19.1 Å². The van der Waals surface area contributed by atoms with E-state index in [0.717, 1.165) is 5.56 Å². The van der Waals surface area contributed by atoms with Crippen molar-refractivity contribution in [1.29, 1.82) is 0 Å². The molecule has 5 nitrogen and oxygen atoms in total. The Bertz CT molecular complexity index is 680. The highest BCUT2D eigenvalue weighted by atomic mass is 16.5. The van der Waals surface area contributed by atoms with E-state index < -0.39 is 0 Å². The predicted octanol–water partition coefficient (Wildman–Crippen LogP) is 2.45. The lowest BCUT2D eigenvalue weighted by molar-refractivity contribution is 0.0600. The molecule has 0 atom stereocenters. The zero-order valence-corrected chi connectivity index (χ0v) is 13.2. The molecule has 0 bridgehead atoms. The fourth-order valence-corrected chi connectivity index (χ4v) is 2.17. The number of hydrogen-bond acceptors (Lipinski definition) is 4. The van der Waals surface area contributed by atoms with E-state index in [4.69, 9.17) is 4.74 Å². The van der Waals surface area contributed by atoms with Crippen LogP contribution in [-0.2, 0) is 11.2 Å². The van der Waals surface area contributed by atoms with Gasteiger partial charge in [0.25, 0.3) is 5.91 Å². The highest BCUT2D eigenvalue weighted by Gasteiger charge is 2.10. The van der Waals surface area contributed by atoms with Crippen molar-refractivity contribution in [3.63, 3.8) is 0 Å². The molecule has 23 heavy (non-hydrogen) atoms. The summed E-state index contributed by atoms with van der Waals surface area (Å²) in [6.07, 6.45) is 0.669. The molecule has 0 unspecified atom stereocenters. The maximum atomic E-state index is 12.1. The van der Waals surface area contributed by atoms with Crippen LogP contribution in [0.5, 0.6) is 5.75 Å². The van der Waals surface area contributed by atoms with Crippen LogP contribution in [-0.4, -0.2) is 32.6 Å². The van der Waals surface area contributed by atoms with Gasteiger partial charge in [-0.3, -0.25) is 4.79 Å². The van der Waals surface area contributed by atoms with Gasteiger partial charge in [0.05, 0.1) is 25.3 Å². The zero-order valence-electron chi connectivity index (χ0n) is 13.2. The average Bonchev–Trinajstić information content (AvgIpc) is 2.61. The Hall–Kier alpha value is -2.82. The maximum Gasteiger partial charge on any atom is 0.337 e. The van der Waals surface area contributed by atoms with Gasteiger partial charge in [-0.05, 0) is 36.2 Å². The molecule has 2 rings (SSSR count). The molecule has 0 spiro atoms. The molecule has 1 N–H and O–H groups in total. The van der Waals surface area contributed by atoms with Crippen molar-refractivity contribution in [2.75, 3.05) is 20.8 Å². The molecule has 0 saturated carbocycles. The van der Waals surface area contributed by atoms with Crippen LogP contribution in [0.2, 0.25) is 0 Å². The van der Waals surface area contributed by atoms with E-state index in [2.05, 4.69) is 10.1 Å². The first kappa shape index (κ1) is 16.5. The van der Waals surface area contributed by atoms with E-state index >= 15 is 0 Å². The van der Waals surface area contributed by atoms with Crippen LogP contribution in [0.3, 0.4) is 0 Å².